The molecule has 2 aromatic heterocycles. The Morgan fingerprint density at radius 2 is 1.45 bits per heavy atom. The van der Waals surface area contributed by atoms with Gasteiger partial charge in [-0.25, -0.2) is 4.98 Å². The molecule has 0 saturated heterocycles. The minimum absolute atomic E-state index is 0.475. The number of imidazole rings is 1. The second-order valence-corrected chi connectivity index (χ2v) is 7.00. The molecule has 0 amide bonds. The monoisotopic (exact) mass is 304 g/mol. The molecule has 0 aliphatic heterocycles. The normalized spacial score (nSPS) is 11.5. The van der Waals surface area contributed by atoms with E-state index in [9.17, 15) is 0 Å². The molecule has 0 fully saturated rings. The van der Waals surface area contributed by atoms with E-state index in [2.05, 4.69) is 82.4 Å². The number of aromatic nitrogens is 4. The van der Waals surface area contributed by atoms with Crippen LogP contribution in [-0.2, 0) is 0 Å². The summed E-state index contributed by atoms with van der Waals surface area (Å²) in [5, 5.41) is 4.25. The van der Waals surface area contributed by atoms with Crippen LogP contribution >= 0.6 is 0 Å². The third-order valence-electron chi connectivity index (χ3n) is 3.63. The van der Waals surface area contributed by atoms with Gasteiger partial charge in [0, 0.05) is 24.5 Å². The van der Waals surface area contributed by atoms with Crippen LogP contribution in [0.25, 0.3) is 0 Å². The Balaban J connectivity index is 0.000000220. The summed E-state index contributed by atoms with van der Waals surface area (Å²) in [6.07, 6.45) is 8.09. The first-order chi connectivity index (χ1) is 10.2. The van der Waals surface area contributed by atoms with E-state index in [0.29, 0.717) is 23.9 Å². The van der Waals surface area contributed by atoms with Crippen molar-refractivity contribution in [2.45, 2.75) is 79.3 Å². The fourth-order valence-corrected chi connectivity index (χ4v) is 1.87. The Kier molecular flexibility index (Phi) is 6.85. The Morgan fingerprint density at radius 3 is 1.73 bits per heavy atom. The van der Waals surface area contributed by atoms with E-state index in [-0.39, 0.29) is 0 Å². The van der Waals surface area contributed by atoms with Crippen LogP contribution in [0, 0.1) is 0 Å². The molecule has 0 aliphatic rings. The van der Waals surface area contributed by atoms with Crippen LogP contribution in [0.4, 0.5) is 0 Å². The highest BCUT2D eigenvalue weighted by Gasteiger charge is 2.04. The van der Waals surface area contributed by atoms with Gasteiger partial charge in [-0.05, 0) is 45.1 Å². The zero-order valence-corrected chi connectivity index (χ0v) is 15.4. The van der Waals surface area contributed by atoms with Crippen molar-refractivity contribution in [3.63, 3.8) is 0 Å². The highest BCUT2D eigenvalue weighted by Crippen LogP contribution is 2.14. The maximum atomic E-state index is 4.30. The first kappa shape index (κ1) is 18.5. The van der Waals surface area contributed by atoms with E-state index >= 15 is 0 Å². The first-order valence-electron chi connectivity index (χ1n) is 8.29. The molecule has 22 heavy (non-hydrogen) atoms. The maximum absolute atomic E-state index is 4.30. The van der Waals surface area contributed by atoms with Crippen LogP contribution in [0.5, 0.6) is 0 Å². The first-order valence-corrected chi connectivity index (χ1v) is 8.29. The largest absolute Gasteiger partial charge is 0.335 e. The van der Waals surface area contributed by atoms with Crippen LogP contribution in [0.1, 0.15) is 90.6 Å². The topological polar surface area (TPSA) is 35.6 Å². The lowest BCUT2D eigenvalue weighted by molar-refractivity contribution is 0.531. The summed E-state index contributed by atoms with van der Waals surface area (Å²) >= 11 is 0. The summed E-state index contributed by atoms with van der Waals surface area (Å²) in [4.78, 5) is 4.30. The van der Waals surface area contributed by atoms with Gasteiger partial charge in [-0.2, -0.15) is 5.10 Å². The van der Waals surface area contributed by atoms with Crippen molar-refractivity contribution in [2.75, 3.05) is 0 Å². The molecular formula is C18H32N4. The van der Waals surface area contributed by atoms with E-state index in [1.807, 2.05) is 17.2 Å². The van der Waals surface area contributed by atoms with Gasteiger partial charge in [-0.15, -0.1) is 0 Å². The molecule has 0 atom stereocenters. The number of hydrogen-bond acceptors (Lipinski definition) is 2. The average molecular weight is 304 g/mol. The molecule has 0 unspecified atom stereocenters. The zero-order valence-electron chi connectivity index (χ0n) is 15.4. The van der Waals surface area contributed by atoms with E-state index in [4.69, 9.17) is 0 Å². The van der Waals surface area contributed by atoms with Crippen LogP contribution in [0.2, 0.25) is 0 Å². The summed E-state index contributed by atoms with van der Waals surface area (Å²) in [5.41, 5.74) is 2.50. The smallest absolute Gasteiger partial charge is 0.0951 e. The van der Waals surface area contributed by atoms with Gasteiger partial charge in [0.2, 0.25) is 0 Å². The van der Waals surface area contributed by atoms with E-state index in [0.717, 1.165) is 0 Å². The lowest BCUT2D eigenvalue weighted by Crippen LogP contribution is -1.99. The molecule has 2 aromatic rings. The van der Waals surface area contributed by atoms with Gasteiger partial charge >= 0.3 is 0 Å². The predicted molar refractivity (Wildman–Crippen MR) is 93.4 cm³/mol. The van der Waals surface area contributed by atoms with Gasteiger partial charge in [-0.3, -0.25) is 4.68 Å². The van der Waals surface area contributed by atoms with Crippen molar-refractivity contribution in [1.29, 1.82) is 0 Å². The molecule has 0 aromatic carbocycles. The predicted octanol–water partition coefficient (Wildman–Crippen LogP) is 5.17. The maximum Gasteiger partial charge on any atom is 0.0951 e. The average Bonchev–Trinajstić information content (AvgIpc) is 3.09. The number of hydrogen-bond donors (Lipinski definition) is 0. The molecule has 0 aliphatic carbocycles. The third kappa shape index (κ3) is 5.32. The van der Waals surface area contributed by atoms with Crippen LogP contribution < -0.4 is 0 Å². The van der Waals surface area contributed by atoms with Gasteiger partial charge in [0.05, 0.1) is 18.2 Å². The molecule has 2 heterocycles. The molecular weight excluding hydrogens is 272 g/mol. The van der Waals surface area contributed by atoms with E-state index in [1.165, 1.54) is 11.3 Å². The fourth-order valence-electron chi connectivity index (χ4n) is 1.87. The van der Waals surface area contributed by atoms with E-state index in [1.54, 1.807) is 0 Å². The summed E-state index contributed by atoms with van der Waals surface area (Å²) in [6.45, 7) is 17.3. The van der Waals surface area contributed by atoms with Crippen molar-refractivity contribution >= 4 is 0 Å². The fraction of sp³-hybridized carbons (Fsp3) is 0.667. The van der Waals surface area contributed by atoms with Crippen LogP contribution in [0.3, 0.4) is 0 Å². The van der Waals surface area contributed by atoms with Crippen molar-refractivity contribution < 1.29 is 0 Å². The number of nitrogens with zero attached hydrogens (tertiary/aromatic N) is 4. The molecule has 0 saturated carbocycles. The second-order valence-electron chi connectivity index (χ2n) is 7.00. The SMILES string of the molecule is CC(C)c1cn(C(C)C)cn1.CC(C)c1cnn(C(C)C)c1. The summed E-state index contributed by atoms with van der Waals surface area (Å²) in [5.74, 6) is 1.12. The quantitative estimate of drug-likeness (QED) is 0.780. The molecule has 4 nitrogen and oxygen atoms in total. The molecule has 2 rings (SSSR count). The lowest BCUT2D eigenvalue weighted by atomic mass is 10.1. The summed E-state index contributed by atoms with van der Waals surface area (Å²) < 4.78 is 4.13. The Bertz CT molecular complexity index is 452. The van der Waals surface area contributed by atoms with Gasteiger partial charge < -0.3 is 4.57 Å². The van der Waals surface area contributed by atoms with Gasteiger partial charge in [0.25, 0.3) is 0 Å². The van der Waals surface area contributed by atoms with Crippen LogP contribution in [-0.4, -0.2) is 19.3 Å². The lowest BCUT2D eigenvalue weighted by Gasteiger charge is -2.04. The van der Waals surface area contributed by atoms with Crippen molar-refractivity contribution in [3.8, 4) is 0 Å². The Labute approximate surface area is 135 Å². The van der Waals surface area contributed by atoms with Crippen molar-refractivity contribution in [3.05, 3.63) is 36.2 Å². The Hall–Kier alpha value is -1.58. The summed E-state index contributed by atoms with van der Waals surface area (Å²) in [6, 6.07) is 0.998. The summed E-state index contributed by atoms with van der Waals surface area (Å²) in [7, 11) is 0. The zero-order chi connectivity index (χ0) is 16.9. The highest BCUT2D eigenvalue weighted by molar-refractivity contribution is 5.08. The highest BCUT2D eigenvalue weighted by atomic mass is 15.3. The molecule has 124 valence electrons. The molecule has 0 spiro atoms. The van der Waals surface area contributed by atoms with Gasteiger partial charge in [0.1, 0.15) is 0 Å². The molecule has 0 bridgehead atoms. The minimum Gasteiger partial charge on any atom is -0.335 e. The third-order valence-corrected chi connectivity index (χ3v) is 3.63. The standard InChI is InChI=1S/2C9H16N2/c1-7(2)9-5-11(6-10-9)8(3)4;1-7(2)9-5-10-11(6-9)8(3)4/h2*5-8H,1-4H3. The second kappa shape index (κ2) is 8.16. The van der Waals surface area contributed by atoms with Crippen LogP contribution in [0.15, 0.2) is 24.9 Å². The number of rotatable bonds is 4. The van der Waals surface area contributed by atoms with Crippen molar-refractivity contribution in [2.24, 2.45) is 0 Å². The molecule has 0 radical (unpaired) electrons. The molecule has 0 N–H and O–H groups in total. The van der Waals surface area contributed by atoms with Crippen molar-refractivity contribution in [1.82, 2.24) is 19.3 Å². The van der Waals surface area contributed by atoms with E-state index < -0.39 is 0 Å². The van der Waals surface area contributed by atoms with Gasteiger partial charge in [0.15, 0.2) is 0 Å². The van der Waals surface area contributed by atoms with Gasteiger partial charge in [-0.1, -0.05) is 27.7 Å². The molecule has 4 heteroatoms. The Morgan fingerprint density at radius 1 is 0.818 bits per heavy atom. The minimum atomic E-state index is 0.475.